The highest BCUT2D eigenvalue weighted by Gasteiger charge is 2.01. The molecule has 0 aromatic rings. The monoisotopic (exact) mass is 425 g/mol. The summed E-state index contributed by atoms with van der Waals surface area (Å²) < 4.78 is 0. The molecule has 5 nitrogen and oxygen atoms in total. The summed E-state index contributed by atoms with van der Waals surface area (Å²) in [7, 11) is 0. The van der Waals surface area contributed by atoms with Gasteiger partial charge in [-0.15, -0.1) is 0 Å². The molecular formula is C25H47NO4. The molecule has 0 spiro atoms. The van der Waals surface area contributed by atoms with Gasteiger partial charge in [-0.25, -0.2) is 0 Å². The largest absolute Gasteiger partial charge is 0.481 e. The highest BCUT2D eigenvalue weighted by molar-refractivity contribution is 5.75. The van der Waals surface area contributed by atoms with Gasteiger partial charge in [0.15, 0.2) is 0 Å². The van der Waals surface area contributed by atoms with Gasteiger partial charge in [0.05, 0.1) is 0 Å². The zero-order valence-corrected chi connectivity index (χ0v) is 19.5. The van der Waals surface area contributed by atoms with Crippen molar-refractivity contribution in [2.45, 2.75) is 135 Å². The molecule has 0 rings (SSSR count). The smallest absolute Gasteiger partial charge is 0.303 e. The molecule has 0 fully saturated rings. The number of Topliss-reactive ketones (excluding diaryl/α,β-unsaturated/α-hetero) is 1. The Morgan fingerprint density at radius 3 is 1.33 bits per heavy atom. The topological polar surface area (TPSA) is 83.5 Å². The van der Waals surface area contributed by atoms with E-state index in [0.29, 0.717) is 19.3 Å². The molecular weight excluding hydrogens is 378 g/mol. The van der Waals surface area contributed by atoms with Crippen LogP contribution in [0, 0.1) is 0 Å². The molecule has 0 saturated carbocycles. The molecule has 0 bridgehead atoms. The third-order valence-electron chi connectivity index (χ3n) is 5.57. The lowest BCUT2D eigenvalue weighted by Gasteiger charge is -2.06. The molecule has 176 valence electrons. The van der Waals surface area contributed by atoms with Crippen molar-refractivity contribution in [1.29, 1.82) is 0 Å². The minimum Gasteiger partial charge on any atom is -0.481 e. The Hall–Kier alpha value is -1.39. The second-order valence-electron chi connectivity index (χ2n) is 8.71. The molecule has 30 heavy (non-hydrogen) atoms. The molecule has 0 aromatic carbocycles. The van der Waals surface area contributed by atoms with Crippen molar-refractivity contribution >= 4 is 17.7 Å². The molecule has 0 aliphatic carbocycles. The van der Waals surface area contributed by atoms with Crippen LogP contribution in [0.3, 0.4) is 0 Å². The Kier molecular flexibility index (Phi) is 21.3. The van der Waals surface area contributed by atoms with Gasteiger partial charge in [-0.1, -0.05) is 83.5 Å². The number of carboxylic acids is 1. The van der Waals surface area contributed by atoms with Crippen molar-refractivity contribution in [3.05, 3.63) is 0 Å². The average molecular weight is 426 g/mol. The number of rotatable bonds is 23. The van der Waals surface area contributed by atoms with E-state index >= 15 is 0 Å². The van der Waals surface area contributed by atoms with Crippen molar-refractivity contribution in [3.63, 3.8) is 0 Å². The lowest BCUT2D eigenvalue weighted by atomic mass is 10.0. The summed E-state index contributed by atoms with van der Waals surface area (Å²) in [4.78, 5) is 33.1. The predicted octanol–water partition coefficient (Wildman–Crippen LogP) is 6.58. The first-order chi connectivity index (χ1) is 14.5. The van der Waals surface area contributed by atoms with Gasteiger partial charge >= 0.3 is 5.97 Å². The summed E-state index contributed by atoms with van der Waals surface area (Å²) >= 11 is 0. The maximum Gasteiger partial charge on any atom is 0.303 e. The highest BCUT2D eigenvalue weighted by atomic mass is 16.4. The second-order valence-corrected chi connectivity index (χ2v) is 8.71. The van der Waals surface area contributed by atoms with E-state index in [4.69, 9.17) is 5.11 Å². The molecule has 0 atom stereocenters. The Morgan fingerprint density at radius 2 is 0.900 bits per heavy atom. The van der Waals surface area contributed by atoms with Crippen LogP contribution in [0.25, 0.3) is 0 Å². The van der Waals surface area contributed by atoms with E-state index in [1.54, 1.807) is 6.92 Å². The lowest BCUT2D eigenvalue weighted by molar-refractivity contribution is -0.137. The van der Waals surface area contributed by atoms with E-state index in [-0.39, 0.29) is 11.7 Å². The quantitative estimate of drug-likeness (QED) is 0.181. The first-order valence-electron chi connectivity index (χ1n) is 12.5. The number of carboxylic acid groups (broad SMARTS) is 1. The fourth-order valence-electron chi connectivity index (χ4n) is 3.68. The van der Waals surface area contributed by atoms with Gasteiger partial charge in [0, 0.05) is 25.8 Å². The van der Waals surface area contributed by atoms with Crippen LogP contribution in [0.4, 0.5) is 0 Å². The lowest BCUT2D eigenvalue weighted by Crippen LogP contribution is -2.23. The van der Waals surface area contributed by atoms with Gasteiger partial charge in [-0.3, -0.25) is 9.59 Å². The highest BCUT2D eigenvalue weighted by Crippen LogP contribution is 2.13. The Bertz CT molecular complexity index is 437. The number of unbranched alkanes of at least 4 members (excludes halogenated alkanes) is 15. The summed E-state index contributed by atoms with van der Waals surface area (Å²) in [5.74, 6) is -0.212. The van der Waals surface area contributed by atoms with Crippen LogP contribution in [0.1, 0.15) is 135 Å². The Morgan fingerprint density at radius 1 is 0.533 bits per heavy atom. The molecule has 5 heteroatoms. The van der Waals surface area contributed by atoms with Crippen LogP contribution in [0.15, 0.2) is 0 Å². The van der Waals surface area contributed by atoms with Gasteiger partial charge in [-0.2, -0.15) is 0 Å². The third-order valence-corrected chi connectivity index (χ3v) is 5.57. The summed E-state index contributed by atoms with van der Waals surface area (Å²) in [6.45, 7) is 2.43. The Labute approximate surface area is 184 Å². The van der Waals surface area contributed by atoms with Crippen molar-refractivity contribution < 1.29 is 19.5 Å². The molecule has 0 heterocycles. The normalized spacial score (nSPS) is 10.8. The molecule has 0 aliphatic rings. The summed E-state index contributed by atoms with van der Waals surface area (Å²) in [5.41, 5.74) is 0. The third kappa shape index (κ3) is 24.6. The molecule has 0 aromatic heterocycles. The predicted molar refractivity (Wildman–Crippen MR) is 124 cm³/mol. The van der Waals surface area contributed by atoms with E-state index < -0.39 is 5.97 Å². The number of hydrogen-bond donors (Lipinski definition) is 2. The van der Waals surface area contributed by atoms with Gasteiger partial charge in [-0.05, 0) is 32.6 Å². The number of aliphatic carboxylic acids is 1. The fourth-order valence-corrected chi connectivity index (χ4v) is 3.68. The number of carbonyl (C=O) groups is 3. The second kappa shape index (κ2) is 22.3. The molecule has 0 saturated heterocycles. The van der Waals surface area contributed by atoms with Crippen LogP contribution in [0.2, 0.25) is 0 Å². The van der Waals surface area contributed by atoms with Gasteiger partial charge in [0.2, 0.25) is 5.91 Å². The molecule has 0 radical (unpaired) electrons. The standard InChI is InChI=1S/C25H47NO4/c1-23(27)19-15-11-10-14-18-22-26-24(28)20-16-12-8-6-4-2-3-5-7-9-13-17-21-25(29)30/h2-22H2,1H3,(H,26,28)(H,29,30). The number of ketones is 1. The number of nitrogens with one attached hydrogen (secondary N) is 1. The van der Waals surface area contributed by atoms with Crippen LogP contribution in [-0.4, -0.2) is 29.3 Å². The fraction of sp³-hybridized carbons (Fsp3) is 0.880. The van der Waals surface area contributed by atoms with E-state index in [9.17, 15) is 14.4 Å². The van der Waals surface area contributed by atoms with Crippen molar-refractivity contribution in [2.24, 2.45) is 0 Å². The maximum atomic E-state index is 11.8. The minimum atomic E-state index is -0.680. The van der Waals surface area contributed by atoms with Gasteiger partial charge < -0.3 is 15.2 Å². The molecule has 1 amide bonds. The van der Waals surface area contributed by atoms with Crippen LogP contribution in [0.5, 0.6) is 0 Å². The zero-order valence-electron chi connectivity index (χ0n) is 19.5. The molecule has 0 unspecified atom stereocenters. The van der Waals surface area contributed by atoms with Crippen molar-refractivity contribution in [3.8, 4) is 0 Å². The Balaban J connectivity index is 3.17. The summed E-state index contributed by atoms with van der Waals surface area (Å²) in [6, 6.07) is 0. The van der Waals surface area contributed by atoms with Crippen LogP contribution in [-0.2, 0) is 14.4 Å². The van der Waals surface area contributed by atoms with E-state index in [1.807, 2.05) is 0 Å². The first-order valence-corrected chi connectivity index (χ1v) is 12.5. The summed E-state index contributed by atoms with van der Waals surface area (Å²) in [6.07, 6.45) is 21.1. The van der Waals surface area contributed by atoms with Gasteiger partial charge in [0.25, 0.3) is 0 Å². The van der Waals surface area contributed by atoms with Crippen LogP contribution >= 0.6 is 0 Å². The van der Waals surface area contributed by atoms with Gasteiger partial charge in [0.1, 0.15) is 5.78 Å². The summed E-state index contributed by atoms with van der Waals surface area (Å²) in [5, 5.41) is 11.6. The minimum absolute atomic E-state index is 0.190. The maximum absolute atomic E-state index is 11.8. The van der Waals surface area contributed by atoms with E-state index in [1.165, 1.54) is 44.9 Å². The van der Waals surface area contributed by atoms with Crippen molar-refractivity contribution in [1.82, 2.24) is 5.32 Å². The van der Waals surface area contributed by atoms with Crippen LogP contribution < -0.4 is 5.32 Å². The molecule has 0 aliphatic heterocycles. The van der Waals surface area contributed by atoms with E-state index in [2.05, 4.69) is 5.32 Å². The molecule has 2 N–H and O–H groups in total. The number of hydrogen-bond acceptors (Lipinski definition) is 3. The number of carbonyl (C=O) groups excluding carboxylic acids is 2. The zero-order chi connectivity index (χ0) is 22.3. The first kappa shape index (κ1) is 28.6. The number of amides is 1. The average Bonchev–Trinajstić information content (AvgIpc) is 2.69. The SMILES string of the molecule is CC(=O)CCCCCCCNC(=O)CCCCCCCCCCCCCCC(=O)O. The van der Waals surface area contributed by atoms with Crippen molar-refractivity contribution in [2.75, 3.05) is 6.54 Å². The van der Waals surface area contributed by atoms with E-state index in [0.717, 1.165) is 70.8 Å².